The van der Waals surface area contributed by atoms with E-state index in [4.69, 9.17) is 16.3 Å². The van der Waals surface area contributed by atoms with E-state index in [0.29, 0.717) is 18.1 Å². The second-order valence-corrected chi connectivity index (χ2v) is 5.24. The van der Waals surface area contributed by atoms with Crippen molar-refractivity contribution in [2.24, 2.45) is 0 Å². The van der Waals surface area contributed by atoms with Crippen LogP contribution in [0.2, 0.25) is 5.02 Å². The number of fused-ring (bicyclic) bond motifs is 1. The van der Waals surface area contributed by atoms with Gasteiger partial charge in [0.1, 0.15) is 11.9 Å². The average molecular weight is 288 g/mol. The van der Waals surface area contributed by atoms with Gasteiger partial charge in [0, 0.05) is 17.1 Å². The monoisotopic (exact) mass is 287 g/mol. The number of carbonyl (C=O) groups excluding carboxylic acids is 1. The van der Waals surface area contributed by atoms with Crippen LogP contribution >= 0.6 is 11.6 Å². The van der Waals surface area contributed by atoms with Crippen LogP contribution in [0.5, 0.6) is 5.75 Å². The molecule has 1 unspecified atom stereocenters. The van der Waals surface area contributed by atoms with Crippen LogP contribution < -0.4 is 4.74 Å². The van der Waals surface area contributed by atoms with Crippen molar-refractivity contribution in [3.05, 3.63) is 64.7 Å². The predicted molar refractivity (Wildman–Crippen MR) is 77.7 cm³/mol. The van der Waals surface area contributed by atoms with E-state index in [9.17, 15) is 4.79 Å². The number of benzene rings is 2. The van der Waals surface area contributed by atoms with Crippen molar-refractivity contribution in [1.29, 1.82) is 0 Å². The molecule has 1 aliphatic heterocycles. The number of halogens is 1. The Labute approximate surface area is 122 Å². The van der Waals surface area contributed by atoms with E-state index in [1.165, 1.54) is 0 Å². The zero-order chi connectivity index (χ0) is 13.9. The van der Waals surface area contributed by atoms with Gasteiger partial charge in [-0.3, -0.25) is 4.79 Å². The first-order valence-electron chi connectivity index (χ1n) is 6.45. The van der Waals surface area contributed by atoms with Crippen molar-refractivity contribution in [3.63, 3.8) is 0 Å². The highest BCUT2D eigenvalue weighted by Crippen LogP contribution is 2.30. The lowest BCUT2D eigenvalue weighted by molar-refractivity contribution is -0.119. The number of hydrogen-bond acceptors (Lipinski definition) is 2. The molecule has 102 valence electrons. The van der Waals surface area contributed by atoms with Crippen molar-refractivity contribution < 1.29 is 9.53 Å². The quantitative estimate of drug-likeness (QED) is 0.792. The second-order valence-electron chi connectivity index (χ2n) is 4.80. The first-order chi connectivity index (χ1) is 9.76. The Kier molecular flexibility index (Phi) is 3.61. The van der Waals surface area contributed by atoms with Gasteiger partial charge in [-0.25, -0.2) is 0 Å². The maximum atomic E-state index is 11.2. The molecule has 4 heteroatoms. The molecule has 0 bridgehead atoms. The molecule has 0 saturated heterocycles. The molecule has 0 aliphatic carbocycles. The third-order valence-electron chi connectivity index (χ3n) is 3.41. The number of rotatable bonds is 2. The molecule has 1 atom stereocenters. The first-order valence-corrected chi connectivity index (χ1v) is 6.83. The Bertz CT molecular complexity index is 612. The van der Waals surface area contributed by atoms with E-state index in [1.807, 2.05) is 48.5 Å². The van der Waals surface area contributed by atoms with Crippen molar-refractivity contribution in [1.82, 2.24) is 4.90 Å². The minimum Gasteiger partial charge on any atom is -0.484 e. The SMILES string of the molecule is O=CN1Cc2ccccc2OC(c2ccc(Cl)cc2)C1. The maximum Gasteiger partial charge on any atom is 0.210 e. The van der Waals surface area contributed by atoms with E-state index in [2.05, 4.69) is 0 Å². The predicted octanol–water partition coefficient (Wildman–Crippen LogP) is 3.43. The van der Waals surface area contributed by atoms with Crippen LogP contribution in [-0.4, -0.2) is 17.9 Å². The fraction of sp³-hybridized carbons (Fsp3) is 0.188. The molecular weight excluding hydrogens is 274 g/mol. The normalized spacial score (nSPS) is 17.9. The fourth-order valence-electron chi connectivity index (χ4n) is 2.37. The first kappa shape index (κ1) is 13.0. The van der Waals surface area contributed by atoms with Crippen LogP contribution in [0.25, 0.3) is 0 Å². The molecule has 0 aromatic heterocycles. The van der Waals surface area contributed by atoms with Gasteiger partial charge in [-0.1, -0.05) is 41.9 Å². The number of nitrogens with zero attached hydrogens (tertiary/aromatic N) is 1. The zero-order valence-corrected chi connectivity index (χ0v) is 11.6. The Hall–Kier alpha value is -2.00. The lowest BCUT2D eigenvalue weighted by Gasteiger charge is -2.21. The Morgan fingerprint density at radius 3 is 2.65 bits per heavy atom. The highest BCUT2D eigenvalue weighted by molar-refractivity contribution is 6.30. The van der Waals surface area contributed by atoms with Gasteiger partial charge in [0.2, 0.25) is 6.41 Å². The summed E-state index contributed by atoms with van der Waals surface area (Å²) in [6.45, 7) is 1.10. The minimum atomic E-state index is -0.180. The largest absolute Gasteiger partial charge is 0.484 e. The summed E-state index contributed by atoms with van der Waals surface area (Å²) in [6, 6.07) is 15.4. The molecule has 2 aromatic carbocycles. The van der Waals surface area contributed by atoms with Crippen LogP contribution in [0.4, 0.5) is 0 Å². The van der Waals surface area contributed by atoms with Gasteiger partial charge in [0.05, 0.1) is 6.54 Å². The summed E-state index contributed by atoms with van der Waals surface area (Å²) in [7, 11) is 0. The van der Waals surface area contributed by atoms with E-state index >= 15 is 0 Å². The van der Waals surface area contributed by atoms with Gasteiger partial charge in [-0.2, -0.15) is 0 Å². The second kappa shape index (κ2) is 5.55. The fourth-order valence-corrected chi connectivity index (χ4v) is 2.49. The average Bonchev–Trinajstić information content (AvgIpc) is 2.67. The van der Waals surface area contributed by atoms with Crippen molar-refractivity contribution in [2.75, 3.05) is 6.54 Å². The molecule has 1 amide bonds. The number of ether oxygens (including phenoxy) is 1. The van der Waals surface area contributed by atoms with Gasteiger partial charge >= 0.3 is 0 Å². The van der Waals surface area contributed by atoms with Gasteiger partial charge < -0.3 is 9.64 Å². The Morgan fingerprint density at radius 2 is 1.90 bits per heavy atom. The molecule has 0 N–H and O–H groups in total. The Morgan fingerprint density at radius 1 is 1.15 bits per heavy atom. The Balaban J connectivity index is 1.95. The molecule has 3 rings (SSSR count). The zero-order valence-electron chi connectivity index (χ0n) is 10.8. The summed E-state index contributed by atoms with van der Waals surface area (Å²) < 4.78 is 6.07. The highest BCUT2D eigenvalue weighted by Gasteiger charge is 2.23. The minimum absolute atomic E-state index is 0.180. The number of para-hydroxylation sites is 1. The lowest BCUT2D eigenvalue weighted by Crippen LogP contribution is -2.26. The summed E-state index contributed by atoms with van der Waals surface area (Å²) >= 11 is 5.91. The van der Waals surface area contributed by atoms with Gasteiger partial charge in [-0.15, -0.1) is 0 Å². The molecule has 1 aliphatic rings. The molecule has 0 spiro atoms. The molecule has 0 fully saturated rings. The van der Waals surface area contributed by atoms with E-state index in [1.54, 1.807) is 4.90 Å². The molecule has 3 nitrogen and oxygen atoms in total. The molecule has 1 heterocycles. The number of amides is 1. The summed E-state index contributed by atoms with van der Waals surface area (Å²) in [5, 5.41) is 0.690. The van der Waals surface area contributed by atoms with Crippen molar-refractivity contribution in [3.8, 4) is 5.75 Å². The molecule has 2 aromatic rings. The molecule has 0 radical (unpaired) electrons. The van der Waals surface area contributed by atoms with Gasteiger partial charge in [-0.05, 0) is 23.8 Å². The molecule has 20 heavy (non-hydrogen) atoms. The number of hydrogen-bond donors (Lipinski definition) is 0. The van der Waals surface area contributed by atoms with E-state index in [-0.39, 0.29) is 6.10 Å². The molecule has 0 saturated carbocycles. The van der Waals surface area contributed by atoms with Gasteiger partial charge in [0.25, 0.3) is 0 Å². The summed E-state index contributed by atoms with van der Waals surface area (Å²) in [4.78, 5) is 12.9. The maximum absolute atomic E-state index is 11.2. The van der Waals surface area contributed by atoms with Crippen LogP contribution in [0.15, 0.2) is 48.5 Å². The smallest absolute Gasteiger partial charge is 0.210 e. The van der Waals surface area contributed by atoms with E-state index in [0.717, 1.165) is 23.3 Å². The van der Waals surface area contributed by atoms with Crippen molar-refractivity contribution >= 4 is 18.0 Å². The summed E-state index contributed by atoms with van der Waals surface area (Å²) in [5.74, 6) is 0.830. The van der Waals surface area contributed by atoms with Crippen molar-refractivity contribution in [2.45, 2.75) is 12.6 Å². The van der Waals surface area contributed by atoms with Crippen LogP contribution in [0.1, 0.15) is 17.2 Å². The number of carbonyl (C=O) groups is 1. The van der Waals surface area contributed by atoms with Crippen LogP contribution in [0.3, 0.4) is 0 Å². The third kappa shape index (κ3) is 2.63. The van der Waals surface area contributed by atoms with E-state index < -0.39 is 0 Å². The highest BCUT2D eigenvalue weighted by atomic mass is 35.5. The third-order valence-corrected chi connectivity index (χ3v) is 3.66. The van der Waals surface area contributed by atoms with Gasteiger partial charge in [0.15, 0.2) is 0 Å². The summed E-state index contributed by atoms with van der Waals surface area (Å²) in [6.07, 6.45) is 0.690. The lowest BCUT2D eigenvalue weighted by atomic mass is 10.1. The molecular formula is C16H14ClNO2. The summed E-state index contributed by atoms with van der Waals surface area (Å²) in [5.41, 5.74) is 2.04. The van der Waals surface area contributed by atoms with Crippen LogP contribution in [-0.2, 0) is 11.3 Å². The topological polar surface area (TPSA) is 29.5 Å². The standard InChI is InChI=1S/C16H14ClNO2/c17-14-7-5-12(6-8-14)16-10-18(11-19)9-13-3-1-2-4-15(13)20-16/h1-8,11,16H,9-10H2. The van der Waals surface area contributed by atoms with Crippen LogP contribution in [0, 0.1) is 0 Å².